The fourth-order valence-corrected chi connectivity index (χ4v) is 2.06. The van der Waals surface area contributed by atoms with Crippen LogP contribution in [0.1, 0.15) is 12.5 Å². The lowest BCUT2D eigenvalue weighted by Crippen LogP contribution is -2.58. The van der Waals surface area contributed by atoms with Gasteiger partial charge in [0.15, 0.2) is 0 Å². The Bertz CT molecular complexity index is 344. The molecule has 2 rings (SSSR count). The highest BCUT2D eigenvalue weighted by atomic mass is 16.5. The zero-order valence-corrected chi connectivity index (χ0v) is 10.8. The zero-order chi connectivity index (χ0) is 12.3. The minimum Gasteiger partial charge on any atom is -0.488 e. The first-order chi connectivity index (χ1) is 8.19. The Morgan fingerprint density at radius 1 is 1.29 bits per heavy atom. The molecule has 3 heteroatoms. The van der Waals surface area contributed by atoms with E-state index in [1.54, 1.807) is 7.11 Å². The van der Waals surface area contributed by atoms with Gasteiger partial charge in [-0.1, -0.05) is 17.7 Å². The maximum atomic E-state index is 5.88. The van der Waals surface area contributed by atoms with Crippen molar-refractivity contribution in [2.75, 3.05) is 26.8 Å². The number of hydrogen-bond donors (Lipinski definition) is 0. The second-order valence-corrected chi connectivity index (χ2v) is 4.81. The minimum absolute atomic E-state index is 0.331. The summed E-state index contributed by atoms with van der Waals surface area (Å²) in [4.78, 5) is 2.38. The predicted molar refractivity (Wildman–Crippen MR) is 68.5 cm³/mol. The van der Waals surface area contributed by atoms with Crippen molar-refractivity contribution >= 4 is 0 Å². The zero-order valence-electron chi connectivity index (χ0n) is 10.8. The molecule has 1 saturated heterocycles. The quantitative estimate of drug-likeness (QED) is 0.780. The normalized spacial score (nSPS) is 18.8. The largest absolute Gasteiger partial charge is 0.488 e. The van der Waals surface area contributed by atoms with Crippen LogP contribution in [0.2, 0.25) is 0 Å². The van der Waals surface area contributed by atoms with Crippen molar-refractivity contribution in [3.8, 4) is 5.75 Å². The first-order valence-electron chi connectivity index (χ1n) is 6.15. The smallest absolute Gasteiger partial charge is 0.124 e. The van der Waals surface area contributed by atoms with Gasteiger partial charge in [0.2, 0.25) is 0 Å². The van der Waals surface area contributed by atoms with Crippen LogP contribution in [0.3, 0.4) is 0 Å². The molecule has 1 aliphatic rings. The highest BCUT2D eigenvalue weighted by Crippen LogP contribution is 2.20. The summed E-state index contributed by atoms with van der Waals surface area (Å²) in [5.74, 6) is 0.972. The second-order valence-electron chi connectivity index (χ2n) is 4.81. The van der Waals surface area contributed by atoms with Crippen LogP contribution in [0.4, 0.5) is 0 Å². The van der Waals surface area contributed by atoms with Gasteiger partial charge in [0.05, 0.1) is 6.61 Å². The first-order valence-corrected chi connectivity index (χ1v) is 6.15. The van der Waals surface area contributed by atoms with E-state index in [0.717, 1.165) is 25.4 Å². The van der Waals surface area contributed by atoms with E-state index in [1.807, 2.05) is 12.1 Å². The Kier molecular flexibility index (Phi) is 4.02. The van der Waals surface area contributed by atoms with Gasteiger partial charge < -0.3 is 9.47 Å². The van der Waals surface area contributed by atoms with Crippen molar-refractivity contribution in [1.29, 1.82) is 0 Å². The molecule has 1 aromatic carbocycles. The van der Waals surface area contributed by atoms with Gasteiger partial charge in [-0.25, -0.2) is 0 Å². The van der Waals surface area contributed by atoms with Crippen molar-refractivity contribution in [2.45, 2.75) is 26.0 Å². The van der Waals surface area contributed by atoms with E-state index in [0.29, 0.717) is 12.1 Å². The molecule has 1 heterocycles. The number of methoxy groups -OCH3 is 1. The van der Waals surface area contributed by atoms with Gasteiger partial charge in [-0.05, 0) is 26.0 Å². The summed E-state index contributed by atoms with van der Waals surface area (Å²) in [7, 11) is 1.75. The average molecular weight is 235 g/mol. The van der Waals surface area contributed by atoms with Crippen LogP contribution in [-0.2, 0) is 4.74 Å². The Morgan fingerprint density at radius 3 is 2.53 bits per heavy atom. The molecular formula is C14H21NO2. The minimum atomic E-state index is 0.331. The van der Waals surface area contributed by atoms with Crippen LogP contribution >= 0.6 is 0 Å². The fourth-order valence-electron chi connectivity index (χ4n) is 2.06. The number of rotatable bonds is 5. The summed E-state index contributed by atoms with van der Waals surface area (Å²) < 4.78 is 11.0. The second kappa shape index (κ2) is 5.52. The molecule has 1 atom stereocenters. The molecule has 1 aromatic rings. The van der Waals surface area contributed by atoms with Crippen LogP contribution in [0.5, 0.6) is 5.75 Å². The highest BCUT2D eigenvalue weighted by molar-refractivity contribution is 5.26. The molecule has 1 fully saturated rings. The molecule has 0 spiro atoms. The van der Waals surface area contributed by atoms with E-state index < -0.39 is 0 Å². The topological polar surface area (TPSA) is 21.7 Å². The lowest BCUT2D eigenvalue weighted by molar-refractivity contribution is -0.0245. The lowest BCUT2D eigenvalue weighted by atomic mass is 10.1. The van der Waals surface area contributed by atoms with Crippen molar-refractivity contribution in [3.63, 3.8) is 0 Å². The lowest BCUT2D eigenvalue weighted by Gasteiger charge is -2.42. The van der Waals surface area contributed by atoms with Crippen LogP contribution in [0.15, 0.2) is 24.3 Å². The number of ether oxygens (including phenoxy) is 2. The molecule has 1 aliphatic heterocycles. The van der Waals surface area contributed by atoms with Crippen molar-refractivity contribution in [3.05, 3.63) is 29.8 Å². The molecule has 1 unspecified atom stereocenters. The SMILES string of the molecule is COCC(C)N1CC(Oc2ccc(C)cc2)C1. The Labute approximate surface area is 103 Å². The maximum Gasteiger partial charge on any atom is 0.124 e. The molecule has 3 nitrogen and oxygen atoms in total. The number of nitrogens with zero attached hydrogens (tertiary/aromatic N) is 1. The summed E-state index contributed by atoms with van der Waals surface area (Å²) in [6, 6.07) is 8.73. The fraction of sp³-hybridized carbons (Fsp3) is 0.571. The van der Waals surface area contributed by atoms with Gasteiger partial charge in [0.25, 0.3) is 0 Å². The summed E-state index contributed by atoms with van der Waals surface area (Å²) >= 11 is 0. The van der Waals surface area contributed by atoms with Crippen LogP contribution in [0.25, 0.3) is 0 Å². The Balaban J connectivity index is 1.75. The number of benzene rings is 1. The molecule has 0 N–H and O–H groups in total. The van der Waals surface area contributed by atoms with E-state index in [4.69, 9.17) is 9.47 Å². The van der Waals surface area contributed by atoms with E-state index in [2.05, 4.69) is 30.9 Å². The molecule has 0 aromatic heterocycles. The van der Waals surface area contributed by atoms with Gasteiger partial charge in [-0.15, -0.1) is 0 Å². The molecule has 17 heavy (non-hydrogen) atoms. The number of likely N-dealkylation sites (tertiary alicyclic amines) is 1. The number of aryl methyl sites for hydroxylation is 1. The summed E-state index contributed by atoms with van der Waals surface area (Å²) in [5.41, 5.74) is 1.27. The van der Waals surface area contributed by atoms with E-state index in [1.165, 1.54) is 5.56 Å². The van der Waals surface area contributed by atoms with Gasteiger partial charge in [-0.3, -0.25) is 4.90 Å². The standard InChI is InChI=1S/C14H21NO2/c1-11-4-6-13(7-5-11)17-14-8-15(9-14)12(2)10-16-3/h4-7,12,14H,8-10H2,1-3H3. The van der Waals surface area contributed by atoms with Crippen molar-refractivity contribution < 1.29 is 9.47 Å². The van der Waals surface area contributed by atoms with Crippen LogP contribution in [-0.4, -0.2) is 43.9 Å². The third kappa shape index (κ3) is 3.20. The maximum absolute atomic E-state index is 5.88. The third-order valence-corrected chi connectivity index (χ3v) is 3.23. The Morgan fingerprint density at radius 2 is 1.94 bits per heavy atom. The van der Waals surface area contributed by atoms with E-state index >= 15 is 0 Å². The van der Waals surface area contributed by atoms with Gasteiger partial charge in [0.1, 0.15) is 11.9 Å². The third-order valence-electron chi connectivity index (χ3n) is 3.23. The highest BCUT2D eigenvalue weighted by Gasteiger charge is 2.31. The van der Waals surface area contributed by atoms with Gasteiger partial charge in [-0.2, -0.15) is 0 Å². The predicted octanol–water partition coefficient (Wildman–Crippen LogP) is 2.09. The molecule has 0 amide bonds. The summed E-state index contributed by atoms with van der Waals surface area (Å²) in [5, 5.41) is 0. The van der Waals surface area contributed by atoms with E-state index in [-0.39, 0.29) is 0 Å². The van der Waals surface area contributed by atoms with E-state index in [9.17, 15) is 0 Å². The Hall–Kier alpha value is -1.06. The summed E-state index contributed by atoms with van der Waals surface area (Å²) in [6.07, 6.45) is 0.331. The molecular weight excluding hydrogens is 214 g/mol. The molecule has 0 aliphatic carbocycles. The van der Waals surface area contributed by atoms with Crippen molar-refractivity contribution in [1.82, 2.24) is 4.90 Å². The monoisotopic (exact) mass is 235 g/mol. The first kappa shape index (κ1) is 12.4. The van der Waals surface area contributed by atoms with Gasteiger partial charge >= 0.3 is 0 Å². The van der Waals surface area contributed by atoms with Crippen LogP contribution in [0, 0.1) is 6.92 Å². The number of hydrogen-bond acceptors (Lipinski definition) is 3. The molecule has 0 bridgehead atoms. The van der Waals surface area contributed by atoms with Crippen LogP contribution < -0.4 is 4.74 Å². The van der Waals surface area contributed by atoms with Gasteiger partial charge in [0, 0.05) is 26.2 Å². The summed E-state index contributed by atoms with van der Waals surface area (Å²) in [6.45, 7) is 7.06. The molecule has 94 valence electrons. The average Bonchev–Trinajstić information content (AvgIpc) is 2.25. The molecule has 0 radical (unpaired) electrons. The van der Waals surface area contributed by atoms with Crippen molar-refractivity contribution in [2.24, 2.45) is 0 Å². The molecule has 0 saturated carbocycles.